The predicted octanol–water partition coefficient (Wildman–Crippen LogP) is 4.82. The van der Waals surface area contributed by atoms with Crippen LogP contribution in [-0.2, 0) is 14.3 Å². The van der Waals surface area contributed by atoms with Crippen molar-refractivity contribution in [2.75, 3.05) is 31.6 Å². The molecule has 2 aliphatic heterocycles. The summed E-state index contributed by atoms with van der Waals surface area (Å²) in [5, 5.41) is 15.6. The fraction of sp³-hybridized carbons (Fsp3) is 0.655. The monoisotopic (exact) mass is 498 g/mol. The first-order valence-electron chi connectivity index (χ1n) is 13.7. The SMILES string of the molecule is COC1CCN(c2ccccc2)C12CCN(C1CC3CCCCCC3C1)CC2.O=C(O)/C=C/C(=O)O. The van der Waals surface area contributed by atoms with Crippen molar-refractivity contribution in [1.82, 2.24) is 4.90 Å². The Morgan fingerprint density at radius 3 is 2.00 bits per heavy atom. The average molecular weight is 499 g/mol. The van der Waals surface area contributed by atoms with Crippen LogP contribution in [0.25, 0.3) is 0 Å². The number of para-hydroxylation sites is 1. The second-order valence-electron chi connectivity index (χ2n) is 10.9. The minimum atomic E-state index is -1.26. The molecule has 2 heterocycles. The van der Waals surface area contributed by atoms with Gasteiger partial charge in [-0.3, -0.25) is 0 Å². The minimum Gasteiger partial charge on any atom is -0.478 e. The molecule has 4 fully saturated rings. The number of methoxy groups -OCH3 is 1. The lowest BCUT2D eigenvalue weighted by atomic mass is 9.81. The third kappa shape index (κ3) is 6.12. The molecule has 0 bridgehead atoms. The summed E-state index contributed by atoms with van der Waals surface area (Å²) >= 11 is 0. The van der Waals surface area contributed by atoms with Gasteiger partial charge in [0.15, 0.2) is 0 Å². The topological polar surface area (TPSA) is 90.3 Å². The zero-order valence-corrected chi connectivity index (χ0v) is 21.6. The van der Waals surface area contributed by atoms with E-state index in [4.69, 9.17) is 14.9 Å². The molecular weight excluding hydrogens is 456 g/mol. The zero-order chi connectivity index (χ0) is 25.5. The summed E-state index contributed by atoms with van der Waals surface area (Å²) in [7, 11) is 1.93. The predicted molar refractivity (Wildman–Crippen MR) is 140 cm³/mol. The van der Waals surface area contributed by atoms with Gasteiger partial charge in [-0.2, -0.15) is 0 Å². The van der Waals surface area contributed by atoms with Crippen LogP contribution in [-0.4, -0.2) is 71.5 Å². The Balaban J connectivity index is 0.000000331. The molecule has 2 aliphatic carbocycles. The molecule has 1 aromatic rings. The Morgan fingerprint density at radius 2 is 1.47 bits per heavy atom. The Bertz CT molecular complexity index is 866. The van der Waals surface area contributed by atoms with Crippen molar-refractivity contribution in [2.45, 2.75) is 81.9 Å². The van der Waals surface area contributed by atoms with E-state index in [1.807, 2.05) is 7.11 Å². The van der Waals surface area contributed by atoms with E-state index >= 15 is 0 Å². The summed E-state index contributed by atoms with van der Waals surface area (Å²) in [4.78, 5) is 24.7. The van der Waals surface area contributed by atoms with Crippen molar-refractivity contribution in [1.29, 1.82) is 0 Å². The van der Waals surface area contributed by atoms with Gasteiger partial charge in [-0.25, -0.2) is 9.59 Å². The maximum Gasteiger partial charge on any atom is 0.328 e. The number of carbonyl (C=O) groups is 2. The van der Waals surface area contributed by atoms with Crippen LogP contribution in [0.3, 0.4) is 0 Å². The Kier molecular flexibility index (Phi) is 9.07. The lowest BCUT2D eigenvalue weighted by molar-refractivity contribution is -0.134. The van der Waals surface area contributed by atoms with E-state index in [9.17, 15) is 9.59 Å². The van der Waals surface area contributed by atoms with Gasteiger partial charge in [0.05, 0.1) is 11.6 Å². The number of ether oxygens (including phenoxy) is 1. The molecular formula is C29H42N2O5. The quantitative estimate of drug-likeness (QED) is 0.563. The highest BCUT2D eigenvalue weighted by molar-refractivity contribution is 5.89. The standard InChI is InChI=1S/C25H38N2O.C4H4O4/c1-28-24-12-15-27(22-10-6-3-7-11-22)25(24)13-16-26(17-14-25)23-18-20-8-4-2-5-9-21(20)19-23;5-3(6)1-2-4(7)8/h3,6-7,10-11,20-21,23-24H,2,4-5,8-9,12-19H2,1H3;1-2H,(H,5,6)(H,7,8)/b;2-1+. The summed E-state index contributed by atoms with van der Waals surface area (Å²) in [6, 6.07) is 11.9. The van der Waals surface area contributed by atoms with Crippen LogP contribution in [0.15, 0.2) is 42.5 Å². The van der Waals surface area contributed by atoms with Crippen LogP contribution in [0.1, 0.15) is 64.2 Å². The highest BCUT2D eigenvalue weighted by atomic mass is 16.5. The molecule has 3 unspecified atom stereocenters. The fourth-order valence-electron chi connectivity index (χ4n) is 7.43. The number of rotatable bonds is 5. The highest BCUT2D eigenvalue weighted by Crippen LogP contribution is 2.47. The molecule has 1 aromatic carbocycles. The van der Waals surface area contributed by atoms with Crippen LogP contribution < -0.4 is 4.90 Å². The first-order chi connectivity index (χ1) is 17.4. The molecule has 3 atom stereocenters. The molecule has 4 aliphatic rings. The Labute approximate surface area is 215 Å². The van der Waals surface area contributed by atoms with Gasteiger partial charge in [-0.05, 0) is 56.1 Å². The number of aliphatic carboxylic acids is 2. The number of fused-ring (bicyclic) bond motifs is 1. The smallest absolute Gasteiger partial charge is 0.328 e. The summed E-state index contributed by atoms with van der Waals surface area (Å²) in [6.45, 7) is 3.65. The molecule has 36 heavy (non-hydrogen) atoms. The number of nitrogens with zero attached hydrogens (tertiary/aromatic N) is 2. The van der Waals surface area contributed by atoms with Gasteiger partial charge in [0.1, 0.15) is 0 Å². The number of carboxylic acids is 2. The second-order valence-corrected chi connectivity index (χ2v) is 10.9. The number of hydrogen-bond acceptors (Lipinski definition) is 5. The molecule has 2 saturated carbocycles. The van der Waals surface area contributed by atoms with E-state index in [2.05, 4.69) is 40.1 Å². The van der Waals surface area contributed by atoms with Gasteiger partial charge in [-0.1, -0.05) is 50.3 Å². The van der Waals surface area contributed by atoms with Crippen LogP contribution in [0.5, 0.6) is 0 Å². The number of hydrogen-bond donors (Lipinski definition) is 2. The van der Waals surface area contributed by atoms with Crippen molar-refractivity contribution >= 4 is 17.6 Å². The van der Waals surface area contributed by atoms with E-state index < -0.39 is 11.9 Å². The van der Waals surface area contributed by atoms with Gasteiger partial charge in [0, 0.05) is 50.6 Å². The maximum absolute atomic E-state index is 9.55. The first kappa shape index (κ1) is 26.7. The molecule has 7 nitrogen and oxygen atoms in total. The molecule has 7 heteroatoms. The molecule has 1 spiro atoms. The Morgan fingerprint density at radius 1 is 0.889 bits per heavy atom. The summed E-state index contributed by atoms with van der Waals surface area (Å²) in [5.41, 5.74) is 1.59. The first-order valence-corrected chi connectivity index (χ1v) is 13.7. The largest absolute Gasteiger partial charge is 0.478 e. The normalized spacial score (nSPS) is 30.0. The van der Waals surface area contributed by atoms with Crippen LogP contribution in [0.4, 0.5) is 5.69 Å². The van der Waals surface area contributed by atoms with E-state index in [0.29, 0.717) is 18.3 Å². The van der Waals surface area contributed by atoms with Crippen molar-refractivity contribution in [3.63, 3.8) is 0 Å². The van der Waals surface area contributed by atoms with E-state index in [1.165, 1.54) is 83.0 Å². The molecule has 198 valence electrons. The van der Waals surface area contributed by atoms with Crippen molar-refractivity contribution in [3.8, 4) is 0 Å². The van der Waals surface area contributed by atoms with Crippen LogP contribution in [0, 0.1) is 11.8 Å². The van der Waals surface area contributed by atoms with E-state index in [1.54, 1.807) is 0 Å². The second kappa shape index (κ2) is 12.2. The molecule has 0 amide bonds. The molecule has 2 saturated heterocycles. The summed E-state index contributed by atoms with van der Waals surface area (Å²) in [6.07, 6.45) is 15.6. The zero-order valence-electron chi connectivity index (χ0n) is 21.6. The number of carboxylic acid groups (broad SMARTS) is 2. The van der Waals surface area contributed by atoms with Crippen molar-refractivity contribution in [3.05, 3.63) is 42.5 Å². The average Bonchev–Trinajstić information content (AvgIpc) is 3.37. The van der Waals surface area contributed by atoms with E-state index in [0.717, 1.165) is 24.4 Å². The fourth-order valence-corrected chi connectivity index (χ4v) is 7.43. The lowest BCUT2D eigenvalue weighted by Gasteiger charge is -2.49. The Hall–Kier alpha value is -2.38. The third-order valence-electron chi connectivity index (χ3n) is 9.12. The number of likely N-dealkylation sites (tertiary alicyclic amines) is 1. The number of anilines is 1. The number of piperidine rings is 1. The lowest BCUT2D eigenvalue weighted by Crippen LogP contribution is -2.59. The van der Waals surface area contributed by atoms with Crippen molar-refractivity contribution < 1.29 is 24.5 Å². The van der Waals surface area contributed by atoms with E-state index in [-0.39, 0.29) is 5.54 Å². The van der Waals surface area contributed by atoms with Crippen LogP contribution >= 0.6 is 0 Å². The molecule has 0 radical (unpaired) electrons. The highest BCUT2D eigenvalue weighted by Gasteiger charge is 2.51. The molecule has 5 rings (SSSR count). The van der Waals surface area contributed by atoms with Gasteiger partial charge < -0.3 is 24.7 Å². The van der Waals surface area contributed by atoms with Gasteiger partial charge in [0.2, 0.25) is 0 Å². The summed E-state index contributed by atoms with van der Waals surface area (Å²) in [5.74, 6) is -0.454. The molecule has 2 N–H and O–H groups in total. The van der Waals surface area contributed by atoms with Crippen LogP contribution in [0.2, 0.25) is 0 Å². The molecule has 0 aromatic heterocycles. The maximum atomic E-state index is 9.55. The van der Waals surface area contributed by atoms with Crippen molar-refractivity contribution in [2.24, 2.45) is 11.8 Å². The summed E-state index contributed by atoms with van der Waals surface area (Å²) < 4.78 is 6.05. The number of benzene rings is 1. The minimum absolute atomic E-state index is 0.204. The van der Waals surface area contributed by atoms with Gasteiger partial charge in [0.25, 0.3) is 0 Å². The van der Waals surface area contributed by atoms with Gasteiger partial charge >= 0.3 is 11.9 Å². The van der Waals surface area contributed by atoms with Gasteiger partial charge in [-0.15, -0.1) is 0 Å². The third-order valence-corrected chi connectivity index (χ3v) is 9.12.